The minimum absolute atomic E-state index is 0.197. The fourth-order valence-electron chi connectivity index (χ4n) is 2.58. The van der Waals surface area contributed by atoms with E-state index in [-0.39, 0.29) is 5.41 Å². The van der Waals surface area contributed by atoms with Crippen molar-refractivity contribution in [2.45, 2.75) is 32.4 Å². The standard InChI is InChI=1S/C14H24ClN3OS/c1-13(2)5-8-20-10-14(13,19)12-11(15)9-16-18(12)7-6-17(3)4/h9,19H,5-8,10H2,1-4H3. The predicted molar refractivity (Wildman–Crippen MR) is 85.4 cm³/mol. The summed E-state index contributed by atoms with van der Waals surface area (Å²) < 4.78 is 1.87. The van der Waals surface area contributed by atoms with Gasteiger partial charge in [-0.25, -0.2) is 0 Å². The van der Waals surface area contributed by atoms with E-state index in [2.05, 4.69) is 23.8 Å². The van der Waals surface area contributed by atoms with Crippen LogP contribution in [0.2, 0.25) is 5.02 Å². The molecular weight excluding hydrogens is 294 g/mol. The van der Waals surface area contributed by atoms with Crippen molar-refractivity contribution >= 4 is 23.4 Å². The van der Waals surface area contributed by atoms with Crippen LogP contribution in [0.4, 0.5) is 0 Å². The number of hydrogen-bond donors (Lipinski definition) is 1. The molecule has 0 bridgehead atoms. The smallest absolute Gasteiger partial charge is 0.122 e. The van der Waals surface area contributed by atoms with Gasteiger partial charge in [0.2, 0.25) is 0 Å². The van der Waals surface area contributed by atoms with Gasteiger partial charge in [0, 0.05) is 17.7 Å². The quantitative estimate of drug-likeness (QED) is 0.926. The molecular formula is C14H24ClN3OS. The summed E-state index contributed by atoms with van der Waals surface area (Å²) in [4.78, 5) is 2.10. The van der Waals surface area contributed by atoms with Crippen LogP contribution in [0.1, 0.15) is 26.0 Å². The van der Waals surface area contributed by atoms with E-state index in [0.717, 1.165) is 31.0 Å². The lowest BCUT2D eigenvalue weighted by molar-refractivity contribution is -0.0646. The molecule has 1 aliphatic heterocycles. The molecule has 0 saturated carbocycles. The van der Waals surface area contributed by atoms with Crippen LogP contribution in [0.25, 0.3) is 0 Å². The van der Waals surface area contributed by atoms with E-state index in [4.69, 9.17) is 11.6 Å². The molecule has 2 heterocycles. The second-order valence-corrected chi connectivity index (χ2v) is 7.93. The number of halogens is 1. The summed E-state index contributed by atoms with van der Waals surface area (Å²) in [5, 5.41) is 16.2. The lowest BCUT2D eigenvalue weighted by Gasteiger charge is -2.46. The van der Waals surface area contributed by atoms with Crippen LogP contribution >= 0.6 is 23.4 Å². The zero-order valence-corrected chi connectivity index (χ0v) is 14.3. The number of aliphatic hydroxyl groups is 1. The molecule has 6 heteroatoms. The fourth-order valence-corrected chi connectivity index (χ4v) is 4.50. The normalized spacial score (nSPS) is 26.1. The molecule has 0 aliphatic carbocycles. The van der Waals surface area contributed by atoms with Gasteiger partial charge in [-0.3, -0.25) is 4.68 Å². The monoisotopic (exact) mass is 317 g/mol. The molecule has 1 unspecified atom stereocenters. The Labute approximate surface area is 130 Å². The van der Waals surface area contributed by atoms with Crippen molar-refractivity contribution in [2.24, 2.45) is 5.41 Å². The number of rotatable bonds is 4. The third-order valence-electron chi connectivity index (χ3n) is 4.25. The Balaban J connectivity index is 2.37. The highest BCUT2D eigenvalue weighted by Gasteiger charge is 2.50. The number of nitrogens with zero attached hydrogens (tertiary/aromatic N) is 3. The van der Waals surface area contributed by atoms with Crippen molar-refractivity contribution in [3.8, 4) is 0 Å². The molecule has 1 fully saturated rings. The third-order valence-corrected chi connectivity index (χ3v) is 5.64. The summed E-state index contributed by atoms with van der Waals surface area (Å²) in [5.41, 5.74) is -0.341. The average Bonchev–Trinajstić information content (AvgIpc) is 2.72. The molecule has 1 aromatic heterocycles. The Morgan fingerprint density at radius 3 is 2.80 bits per heavy atom. The van der Waals surface area contributed by atoms with Crippen LogP contribution < -0.4 is 0 Å². The number of hydrogen-bond acceptors (Lipinski definition) is 4. The van der Waals surface area contributed by atoms with Gasteiger partial charge in [-0.1, -0.05) is 25.4 Å². The zero-order chi connectivity index (χ0) is 15.0. The Morgan fingerprint density at radius 1 is 1.50 bits per heavy atom. The summed E-state index contributed by atoms with van der Waals surface area (Å²) in [6.07, 6.45) is 2.63. The molecule has 2 rings (SSSR count). The van der Waals surface area contributed by atoms with Gasteiger partial charge in [-0.05, 0) is 26.3 Å². The van der Waals surface area contributed by atoms with Crippen LogP contribution in [0.5, 0.6) is 0 Å². The molecule has 1 aliphatic rings. The maximum absolute atomic E-state index is 11.3. The minimum Gasteiger partial charge on any atom is -0.382 e. The van der Waals surface area contributed by atoms with Crippen molar-refractivity contribution in [2.75, 3.05) is 32.1 Å². The Kier molecular flexibility index (Phi) is 4.74. The highest BCUT2D eigenvalue weighted by molar-refractivity contribution is 7.99. The first-order valence-electron chi connectivity index (χ1n) is 6.94. The van der Waals surface area contributed by atoms with Crippen molar-refractivity contribution in [1.82, 2.24) is 14.7 Å². The summed E-state index contributed by atoms with van der Waals surface area (Å²) >= 11 is 8.13. The third kappa shape index (κ3) is 2.86. The van der Waals surface area contributed by atoms with E-state index in [1.165, 1.54) is 0 Å². The Morgan fingerprint density at radius 2 is 2.20 bits per heavy atom. The van der Waals surface area contributed by atoms with E-state index in [1.807, 2.05) is 18.8 Å². The molecule has 1 saturated heterocycles. The zero-order valence-electron chi connectivity index (χ0n) is 12.7. The number of likely N-dealkylation sites (N-methyl/N-ethyl adjacent to an activating group) is 1. The Bertz CT molecular complexity index is 475. The number of aromatic nitrogens is 2. The molecule has 1 aromatic rings. The van der Waals surface area contributed by atoms with E-state index in [0.29, 0.717) is 10.8 Å². The minimum atomic E-state index is -0.921. The Hall–Kier alpha value is -0.230. The van der Waals surface area contributed by atoms with E-state index < -0.39 is 5.60 Å². The van der Waals surface area contributed by atoms with Gasteiger partial charge in [0.1, 0.15) is 5.60 Å². The van der Waals surface area contributed by atoms with Crippen molar-refractivity contribution in [1.29, 1.82) is 0 Å². The number of thioether (sulfide) groups is 1. The van der Waals surface area contributed by atoms with Crippen molar-refractivity contribution < 1.29 is 5.11 Å². The van der Waals surface area contributed by atoms with Gasteiger partial charge in [0.15, 0.2) is 0 Å². The maximum atomic E-state index is 11.3. The van der Waals surface area contributed by atoms with Gasteiger partial charge < -0.3 is 10.0 Å². The van der Waals surface area contributed by atoms with Crippen LogP contribution in [0, 0.1) is 5.41 Å². The van der Waals surface area contributed by atoms with E-state index in [1.54, 1.807) is 18.0 Å². The first-order chi connectivity index (χ1) is 9.28. The molecule has 0 aromatic carbocycles. The summed E-state index contributed by atoms with van der Waals surface area (Å²) in [7, 11) is 4.06. The fraction of sp³-hybridized carbons (Fsp3) is 0.786. The first-order valence-corrected chi connectivity index (χ1v) is 8.48. The lowest BCUT2D eigenvalue weighted by atomic mass is 9.71. The lowest BCUT2D eigenvalue weighted by Crippen LogP contribution is -2.49. The van der Waals surface area contributed by atoms with Crippen LogP contribution in [0.3, 0.4) is 0 Å². The molecule has 0 radical (unpaired) electrons. The van der Waals surface area contributed by atoms with E-state index in [9.17, 15) is 5.11 Å². The first kappa shape index (κ1) is 16.1. The maximum Gasteiger partial charge on any atom is 0.122 e. The molecule has 1 N–H and O–H groups in total. The van der Waals surface area contributed by atoms with Gasteiger partial charge in [-0.2, -0.15) is 16.9 Å². The topological polar surface area (TPSA) is 41.3 Å². The van der Waals surface area contributed by atoms with Gasteiger partial charge in [-0.15, -0.1) is 0 Å². The van der Waals surface area contributed by atoms with Crippen molar-refractivity contribution in [3.05, 3.63) is 16.9 Å². The molecule has 0 amide bonds. The van der Waals surface area contributed by atoms with Gasteiger partial charge >= 0.3 is 0 Å². The SMILES string of the molecule is CN(C)CCn1ncc(Cl)c1C1(O)CSCCC1(C)C. The van der Waals surface area contributed by atoms with E-state index >= 15 is 0 Å². The second kappa shape index (κ2) is 5.87. The second-order valence-electron chi connectivity index (χ2n) is 6.41. The summed E-state index contributed by atoms with van der Waals surface area (Å²) in [5.74, 6) is 1.76. The highest BCUT2D eigenvalue weighted by atomic mass is 35.5. The largest absolute Gasteiger partial charge is 0.382 e. The van der Waals surface area contributed by atoms with Crippen LogP contribution in [0.15, 0.2) is 6.20 Å². The van der Waals surface area contributed by atoms with Crippen molar-refractivity contribution in [3.63, 3.8) is 0 Å². The van der Waals surface area contributed by atoms with Gasteiger partial charge in [0.05, 0.1) is 23.5 Å². The summed E-state index contributed by atoms with van der Waals surface area (Å²) in [6, 6.07) is 0. The molecule has 114 valence electrons. The van der Waals surface area contributed by atoms with Crippen LogP contribution in [-0.2, 0) is 12.1 Å². The molecule has 1 atom stereocenters. The highest BCUT2D eigenvalue weighted by Crippen LogP contribution is 2.50. The summed E-state index contributed by atoms with van der Waals surface area (Å²) in [6.45, 7) is 5.84. The van der Waals surface area contributed by atoms with Crippen LogP contribution in [-0.4, -0.2) is 51.9 Å². The molecule has 0 spiro atoms. The molecule has 4 nitrogen and oxygen atoms in total. The van der Waals surface area contributed by atoms with Gasteiger partial charge in [0.25, 0.3) is 0 Å². The predicted octanol–water partition coefficient (Wildman–Crippen LogP) is 2.45. The molecule has 20 heavy (non-hydrogen) atoms. The average molecular weight is 318 g/mol.